The highest BCUT2D eigenvalue weighted by Gasteiger charge is 2.35. The number of guanidine groups is 1. The van der Waals surface area contributed by atoms with Gasteiger partial charge < -0.3 is 5.32 Å². The van der Waals surface area contributed by atoms with Crippen LogP contribution in [0.15, 0.2) is 4.99 Å². The van der Waals surface area contributed by atoms with E-state index in [9.17, 15) is 0 Å². The van der Waals surface area contributed by atoms with E-state index >= 15 is 0 Å². The van der Waals surface area contributed by atoms with E-state index in [1.54, 1.807) is 0 Å². The largest absolute Gasteiger partial charge is 0.353 e. The summed E-state index contributed by atoms with van der Waals surface area (Å²) in [4.78, 5) is 4.59. The number of hydrogen-bond donors (Lipinski definition) is 3. The number of nitrogens with two attached hydrogens (primary N) is 1. The van der Waals surface area contributed by atoms with Crippen LogP contribution in [-0.2, 0) is 0 Å². The molecule has 0 bridgehead atoms. The van der Waals surface area contributed by atoms with Gasteiger partial charge in [0.1, 0.15) is 0 Å². The fourth-order valence-electron chi connectivity index (χ4n) is 2.37. The molecule has 0 aromatic carbocycles. The number of nitrogens with one attached hydrogen (secondary N) is 2. The molecule has 0 heterocycles. The van der Waals surface area contributed by atoms with Crippen LogP contribution in [0.1, 0.15) is 45.4 Å². The van der Waals surface area contributed by atoms with Crippen molar-refractivity contribution >= 4 is 5.96 Å². The first kappa shape index (κ1) is 10.7. The molecule has 2 aliphatic carbocycles. The molecule has 2 saturated carbocycles. The Bertz CT molecular complexity index is 233. The summed E-state index contributed by atoms with van der Waals surface area (Å²) < 4.78 is 0. The summed E-state index contributed by atoms with van der Waals surface area (Å²) in [6.45, 7) is 2.22. The van der Waals surface area contributed by atoms with E-state index in [1.807, 2.05) is 0 Å². The minimum atomic E-state index is 0.509. The Balaban J connectivity index is 1.81. The molecule has 0 aromatic rings. The van der Waals surface area contributed by atoms with Crippen molar-refractivity contribution in [3.05, 3.63) is 0 Å². The number of aliphatic imine (C=N–C) groups is 1. The van der Waals surface area contributed by atoms with Gasteiger partial charge in [0, 0.05) is 6.04 Å². The third-order valence-electron chi connectivity index (χ3n) is 3.54. The summed E-state index contributed by atoms with van der Waals surface area (Å²) in [5.41, 5.74) is 2.68. The van der Waals surface area contributed by atoms with Gasteiger partial charge >= 0.3 is 0 Å². The minimum Gasteiger partial charge on any atom is -0.353 e. The average Bonchev–Trinajstić information content (AvgIpc) is 2.80. The third-order valence-corrected chi connectivity index (χ3v) is 3.54. The van der Waals surface area contributed by atoms with Gasteiger partial charge in [0.25, 0.3) is 0 Å². The van der Waals surface area contributed by atoms with Crippen LogP contribution in [0.25, 0.3) is 0 Å². The molecule has 4 heteroatoms. The summed E-state index contributed by atoms with van der Waals surface area (Å²) in [6.07, 6.45) is 7.63. The highest BCUT2D eigenvalue weighted by Crippen LogP contribution is 2.36. The Kier molecular flexibility index (Phi) is 3.46. The van der Waals surface area contributed by atoms with Gasteiger partial charge in [0.05, 0.1) is 6.04 Å². The van der Waals surface area contributed by atoms with Gasteiger partial charge in [-0.25, -0.2) is 10.8 Å². The van der Waals surface area contributed by atoms with Crippen molar-refractivity contribution in [3.63, 3.8) is 0 Å². The van der Waals surface area contributed by atoms with Crippen LogP contribution in [0.4, 0.5) is 0 Å². The fourth-order valence-corrected chi connectivity index (χ4v) is 2.37. The number of hydrazine groups is 1. The molecule has 2 rings (SSSR count). The van der Waals surface area contributed by atoms with Crippen LogP contribution in [0.5, 0.6) is 0 Å². The van der Waals surface area contributed by atoms with Crippen molar-refractivity contribution in [1.82, 2.24) is 10.7 Å². The molecular weight excluding hydrogens is 188 g/mol. The van der Waals surface area contributed by atoms with E-state index in [-0.39, 0.29) is 0 Å². The van der Waals surface area contributed by atoms with Gasteiger partial charge in [0.15, 0.2) is 0 Å². The van der Waals surface area contributed by atoms with Crippen LogP contribution >= 0.6 is 0 Å². The molecule has 2 unspecified atom stereocenters. The molecule has 2 atom stereocenters. The number of hydrogen-bond acceptors (Lipinski definition) is 2. The molecule has 0 amide bonds. The van der Waals surface area contributed by atoms with Crippen LogP contribution in [0.2, 0.25) is 0 Å². The highest BCUT2D eigenvalue weighted by molar-refractivity contribution is 5.79. The van der Waals surface area contributed by atoms with Crippen molar-refractivity contribution < 1.29 is 0 Å². The smallest absolute Gasteiger partial charge is 0.206 e. The first-order chi connectivity index (χ1) is 7.33. The standard InChI is InChI=1S/C11H22N4/c1-2-8-7-10(8)14-11(15-12)13-9-5-3-4-6-9/h8-10H,2-7,12H2,1H3,(H2,13,14,15). The summed E-state index contributed by atoms with van der Waals surface area (Å²) in [5, 5.41) is 3.40. The lowest BCUT2D eigenvalue weighted by molar-refractivity contribution is 0.612. The lowest BCUT2D eigenvalue weighted by atomic mass is 10.2. The van der Waals surface area contributed by atoms with E-state index < -0.39 is 0 Å². The molecule has 2 aliphatic rings. The molecule has 15 heavy (non-hydrogen) atoms. The minimum absolute atomic E-state index is 0.509. The quantitative estimate of drug-likeness (QED) is 0.283. The van der Waals surface area contributed by atoms with Crippen LogP contribution < -0.4 is 16.6 Å². The average molecular weight is 210 g/mol. The fraction of sp³-hybridized carbons (Fsp3) is 0.909. The van der Waals surface area contributed by atoms with Crippen molar-refractivity contribution in [2.45, 2.75) is 57.5 Å². The van der Waals surface area contributed by atoms with Gasteiger partial charge in [-0.15, -0.1) is 0 Å². The predicted octanol–water partition coefficient (Wildman–Crippen LogP) is 1.14. The molecule has 4 nitrogen and oxygen atoms in total. The molecule has 2 fully saturated rings. The second-order valence-electron chi connectivity index (χ2n) is 4.72. The van der Waals surface area contributed by atoms with E-state index in [2.05, 4.69) is 22.7 Å². The zero-order valence-corrected chi connectivity index (χ0v) is 9.50. The van der Waals surface area contributed by atoms with Gasteiger partial charge in [-0.1, -0.05) is 26.2 Å². The summed E-state index contributed by atoms with van der Waals surface area (Å²) in [6, 6.07) is 1.09. The maximum atomic E-state index is 5.47. The SMILES string of the molecule is CCC1CC1N=C(NN)NC1CCCC1. The second kappa shape index (κ2) is 4.84. The van der Waals surface area contributed by atoms with Crippen molar-refractivity contribution in [3.8, 4) is 0 Å². The van der Waals surface area contributed by atoms with Crippen LogP contribution in [0, 0.1) is 5.92 Å². The van der Waals surface area contributed by atoms with Crippen molar-refractivity contribution in [2.24, 2.45) is 16.8 Å². The summed E-state index contributed by atoms with van der Waals surface area (Å²) in [5.74, 6) is 7.06. The van der Waals surface area contributed by atoms with Crippen LogP contribution in [0.3, 0.4) is 0 Å². The zero-order valence-electron chi connectivity index (χ0n) is 9.50. The van der Waals surface area contributed by atoms with Crippen molar-refractivity contribution in [1.29, 1.82) is 0 Å². The topological polar surface area (TPSA) is 62.4 Å². The Morgan fingerprint density at radius 3 is 2.67 bits per heavy atom. The Morgan fingerprint density at radius 2 is 2.13 bits per heavy atom. The lowest BCUT2D eigenvalue weighted by Gasteiger charge is -2.14. The Labute approximate surface area is 91.7 Å². The number of rotatable bonds is 3. The monoisotopic (exact) mass is 210 g/mol. The zero-order chi connectivity index (χ0) is 10.7. The molecule has 0 spiro atoms. The van der Waals surface area contributed by atoms with Gasteiger partial charge in [-0.05, 0) is 25.2 Å². The molecule has 86 valence electrons. The van der Waals surface area contributed by atoms with E-state index in [0.717, 1.165) is 11.9 Å². The molecule has 0 saturated heterocycles. The van der Waals surface area contributed by atoms with Crippen molar-refractivity contribution in [2.75, 3.05) is 0 Å². The molecule has 0 aromatic heterocycles. The van der Waals surface area contributed by atoms with E-state index in [1.165, 1.54) is 38.5 Å². The Morgan fingerprint density at radius 1 is 1.40 bits per heavy atom. The van der Waals surface area contributed by atoms with Gasteiger partial charge in [0.2, 0.25) is 5.96 Å². The molecule has 4 N–H and O–H groups in total. The van der Waals surface area contributed by atoms with E-state index in [4.69, 9.17) is 5.84 Å². The van der Waals surface area contributed by atoms with E-state index in [0.29, 0.717) is 12.1 Å². The van der Waals surface area contributed by atoms with Gasteiger partial charge in [-0.3, -0.25) is 5.43 Å². The summed E-state index contributed by atoms with van der Waals surface area (Å²) in [7, 11) is 0. The maximum Gasteiger partial charge on any atom is 0.206 e. The summed E-state index contributed by atoms with van der Waals surface area (Å²) >= 11 is 0. The molecule has 0 radical (unpaired) electrons. The maximum absolute atomic E-state index is 5.47. The second-order valence-corrected chi connectivity index (χ2v) is 4.72. The molecule has 0 aliphatic heterocycles. The lowest BCUT2D eigenvalue weighted by Crippen LogP contribution is -2.45. The third kappa shape index (κ3) is 2.84. The number of nitrogens with zero attached hydrogens (tertiary/aromatic N) is 1. The van der Waals surface area contributed by atoms with Gasteiger partial charge in [-0.2, -0.15) is 0 Å². The normalized spacial score (nSPS) is 31.7. The Hall–Kier alpha value is -0.770. The predicted molar refractivity (Wildman–Crippen MR) is 62.3 cm³/mol. The first-order valence-corrected chi connectivity index (χ1v) is 6.14. The van der Waals surface area contributed by atoms with Crippen LogP contribution in [-0.4, -0.2) is 18.0 Å². The molecular formula is C11H22N4. The first-order valence-electron chi connectivity index (χ1n) is 6.14. The highest BCUT2D eigenvalue weighted by atomic mass is 15.3.